The Morgan fingerprint density at radius 2 is 1.86 bits per heavy atom. The van der Waals surface area contributed by atoms with E-state index in [0.29, 0.717) is 22.0 Å². The highest BCUT2D eigenvalue weighted by Gasteiger charge is 2.40. The van der Waals surface area contributed by atoms with Gasteiger partial charge >= 0.3 is 6.36 Å². The lowest BCUT2D eigenvalue weighted by molar-refractivity contribution is -0.276. The molecule has 16 heteroatoms. The fourth-order valence-corrected chi connectivity index (χ4v) is 4.62. The molecule has 0 spiro atoms. The number of aromatic nitrogens is 5. The number of pyridine rings is 1. The summed E-state index contributed by atoms with van der Waals surface area (Å²) in [6.07, 6.45) is -3.80. The van der Waals surface area contributed by atoms with Crippen molar-refractivity contribution in [2.75, 3.05) is 17.6 Å². The molecule has 3 N–H and O–H groups in total. The lowest BCUT2D eigenvalue weighted by Gasteiger charge is -2.23. The molecule has 1 aromatic carbocycles. The number of nitrogens with zero attached hydrogens (tertiary/aromatic N) is 6. The van der Waals surface area contributed by atoms with E-state index < -0.39 is 42.8 Å². The van der Waals surface area contributed by atoms with E-state index in [2.05, 4.69) is 30.1 Å². The first-order valence-corrected chi connectivity index (χ1v) is 12.4. The van der Waals surface area contributed by atoms with Gasteiger partial charge in [-0.05, 0) is 23.8 Å². The molecule has 4 aromatic rings. The maximum absolute atomic E-state index is 14.4. The Morgan fingerprint density at radius 1 is 1.12 bits per heavy atom. The molecular weight excluding hydrogens is 564 g/mol. The Hall–Kier alpha value is -5.15. The standard InChI is InChI=1S/C26H22F4N8O4/c1-13(39)23-17-7-14(15-9-32-25(31)33-10-15)5-6-18(17)38(36-23)12-22(40)37-11-16(27)8-19(37)24(41)35-20-3-2-4-21(34-20)42-26(28,29)30/h2-7,9-10,16,19H,8,11-12H2,1H3,(H2,31,32,33)(H,34,35,41)/t16-,19+/m1/s1. The average molecular weight is 587 g/mol. The van der Waals surface area contributed by atoms with Gasteiger partial charge in [0.25, 0.3) is 0 Å². The van der Waals surface area contributed by atoms with Gasteiger partial charge in [0, 0.05) is 42.8 Å². The number of anilines is 2. The van der Waals surface area contributed by atoms with E-state index in [1.807, 2.05) is 0 Å². The molecule has 0 radical (unpaired) electrons. The van der Waals surface area contributed by atoms with Crippen molar-refractivity contribution in [3.63, 3.8) is 0 Å². The second-order valence-electron chi connectivity index (χ2n) is 9.42. The van der Waals surface area contributed by atoms with E-state index in [0.717, 1.165) is 11.0 Å². The number of hydrogen-bond donors (Lipinski definition) is 2. The maximum atomic E-state index is 14.4. The van der Waals surface area contributed by atoms with Gasteiger partial charge in [-0.15, -0.1) is 13.2 Å². The number of likely N-dealkylation sites (tertiary alicyclic amines) is 1. The lowest BCUT2D eigenvalue weighted by atomic mass is 10.0. The Balaban J connectivity index is 1.37. The van der Waals surface area contributed by atoms with E-state index in [-0.39, 0.29) is 36.2 Å². The van der Waals surface area contributed by atoms with Crippen LogP contribution in [0.5, 0.6) is 5.88 Å². The number of Topliss-reactive ketones (excluding diaryl/α,β-unsaturated/α-hetero) is 1. The predicted molar refractivity (Wildman–Crippen MR) is 140 cm³/mol. The third kappa shape index (κ3) is 6.11. The fraction of sp³-hybridized carbons (Fsp3) is 0.269. The number of ether oxygens (including phenoxy) is 1. The quantitative estimate of drug-likeness (QED) is 0.245. The fourth-order valence-electron chi connectivity index (χ4n) is 4.62. The van der Waals surface area contributed by atoms with Gasteiger partial charge in [0.05, 0.1) is 12.1 Å². The van der Waals surface area contributed by atoms with Gasteiger partial charge in [-0.25, -0.2) is 14.4 Å². The Bertz CT molecular complexity index is 1680. The predicted octanol–water partition coefficient (Wildman–Crippen LogP) is 3.15. The normalized spacial score (nSPS) is 16.9. The number of amides is 2. The van der Waals surface area contributed by atoms with Crippen molar-refractivity contribution in [2.24, 2.45) is 0 Å². The van der Waals surface area contributed by atoms with Crippen LogP contribution in [-0.2, 0) is 16.1 Å². The van der Waals surface area contributed by atoms with E-state index in [9.17, 15) is 31.9 Å². The van der Waals surface area contributed by atoms with Crippen molar-refractivity contribution < 1.29 is 36.7 Å². The van der Waals surface area contributed by atoms with Crippen molar-refractivity contribution in [3.05, 3.63) is 54.5 Å². The third-order valence-electron chi connectivity index (χ3n) is 6.44. The Morgan fingerprint density at radius 3 is 2.55 bits per heavy atom. The molecule has 3 aromatic heterocycles. The van der Waals surface area contributed by atoms with Gasteiger partial charge < -0.3 is 20.7 Å². The molecule has 0 saturated carbocycles. The van der Waals surface area contributed by atoms with Crippen LogP contribution in [0.1, 0.15) is 23.8 Å². The maximum Gasteiger partial charge on any atom is 0.574 e. The third-order valence-corrected chi connectivity index (χ3v) is 6.44. The molecule has 5 rings (SSSR count). The minimum absolute atomic E-state index is 0.0975. The first-order chi connectivity index (χ1) is 19.9. The highest BCUT2D eigenvalue weighted by molar-refractivity contribution is 6.06. The van der Waals surface area contributed by atoms with Crippen molar-refractivity contribution in [3.8, 4) is 17.0 Å². The topological polar surface area (TPSA) is 158 Å². The first-order valence-electron chi connectivity index (χ1n) is 12.4. The molecule has 4 heterocycles. The Kier molecular flexibility index (Phi) is 7.45. The van der Waals surface area contributed by atoms with Gasteiger partial charge in [0.2, 0.25) is 23.6 Å². The van der Waals surface area contributed by atoms with Crippen molar-refractivity contribution in [1.82, 2.24) is 29.6 Å². The second kappa shape index (κ2) is 11.0. The number of benzene rings is 1. The smallest absolute Gasteiger partial charge is 0.388 e. The van der Waals surface area contributed by atoms with E-state index in [1.54, 1.807) is 18.2 Å². The molecule has 1 aliphatic rings. The lowest BCUT2D eigenvalue weighted by Crippen LogP contribution is -2.44. The molecule has 12 nitrogen and oxygen atoms in total. The number of ketones is 1. The number of nitrogen functional groups attached to an aromatic ring is 1. The van der Waals surface area contributed by atoms with Gasteiger partial charge in [-0.3, -0.25) is 19.1 Å². The molecule has 0 bridgehead atoms. The number of nitrogens with one attached hydrogen (secondary N) is 1. The van der Waals surface area contributed by atoms with Crippen molar-refractivity contribution in [1.29, 1.82) is 0 Å². The number of nitrogens with two attached hydrogens (primary N) is 1. The highest BCUT2D eigenvalue weighted by atomic mass is 19.4. The monoisotopic (exact) mass is 586 g/mol. The van der Waals surface area contributed by atoms with Gasteiger partial charge in [0.15, 0.2) is 5.78 Å². The van der Waals surface area contributed by atoms with Crippen LogP contribution in [0.15, 0.2) is 48.8 Å². The summed E-state index contributed by atoms with van der Waals surface area (Å²) in [4.78, 5) is 51.2. The molecule has 1 saturated heterocycles. The highest BCUT2D eigenvalue weighted by Crippen LogP contribution is 2.28. The van der Waals surface area contributed by atoms with Gasteiger partial charge in [0.1, 0.15) is 30.3 Å². The largest absolute Gasteiger partial charge is 0.574 e. The second-order valence-corrected chi connectivity index (χ2v) is 9.42. The van der Waals surface area contributed by atoms with Gasteiger partial charge in [-0.1, -0.05) is 12.1 Å². The zero-order valence-electron chi connectivity index (χ0n) is 21.8. The van der Waals surface area contributed by atoms with Crippen LogP contribution in [0, 0.1) is 0 Å². The number of carbonyl (C=O) groups excluding carboxylic acids is 3. The summed E-state index contributed by atoms with van der Waals surface area (Å²) in [5.41, 5.74) is 7.40. The van der Waals surface area contributed by atoms with E-state index in [4.69, 9.17) is 5.73 Å². The first kappa shape index (κ1) is 28.4. The molecule has 2 atom stereocenters. The Labute approximate surface area is 234 Å². The number of rotatable bonds is 7. The van der Waals surface area contributed by atoms with Crippen LogP contribution in [0.2, 0.25) is 0 Å². The zero-order valence-corrected chi connectivity index (χ0v) is 21.8. The van der Waals surface area contributed by atoms with Crippen molar-refractivity contribution in [2.45, 2.75) is 38.5 Å². The summed E-state index contributed by atoms with van der Waals surface area (Å²) in [6, 6.07) is 7.15. The molecule has 1 fully saturated rings. The number of halogens is 4. The molecular formula is C26H22F4N8O4. The minimum Gasteiger partial charge on any atom is -0.388 e. The molecule has 0 unspecified atom stereocenters. The van der Waals surface area contributed by atoms with Crippen LogP contribution in [-0.4, -0.2) is 72.4 Å². The molecule has 42 heavy (non-hydrogen) atoms. The van der Waals surface area contributed by atoms with E-state index >= 15 is 0 Å². The summed E-state index contributed by atoms with van der Waals surface area (Å²) in [6.45, 7) is 0.518. The number of fused-ring (bicyclic) bond motifs is 1. The van der Waals surface area contributed by atoms with Gasteiger partial charge in [-0.2, -0.15) is 10.1 Å². The number of hydrogen-bond acceptors (Lipinski definition) is 9. The van der Waals surface area contributed by atoms with Crippen LogP contribution in [0.3, 0.4) is 0 Å². The molecule has 0 aliphatic carbocycles. The summed E-state index contributed by atoms with van der Waals surface area (Å²) >= 11 is 0. The van der Waals surface area contributed by atoms with Crippen LogP contribution < -0.4 is 15.8 Å². The van der Waals surface area contributed by atoms with E-state index in [1.165, 1.54) is 36.1 Å². The SMILES string of the molecule is CC(=O)c1nn(CC(=O)N2C[C@H](F)C[C@H]2C(=O)Nc2cccc(OC(F)(F)F)n2)c2ccc(-c3cnc(N)nc3)cc12. The van der Waals surface area contributed by atoms with Crippen LogP contribution in [0.25, 0.3) is 22.0 Å². The summed E-state index contributed by atoms with van der Waals surface area (Å²) < 4.78 is 57.1. The van der Waals surface area contributed by atoms with Crippen LogP contribution in [0.4, 0.5) is 29.3 Å². The number of alkyl halides is 4. The summed E-state index contributed by atoms with van der Waals surface area (Å²) in [5, 5.41) is 7.07. The molecule has 1 aliphatic heterocycles. The average Bonchev–Trinajstić information content (AvgIpc) is 3.49. The minimum atomic E-state index is -4.99. The molecule has 218 valence electrons. The molecule has 2 amide bonds. The summed E-state index contributed by atoms with van der Waals surface area (Å²) in [5.74, 6) is -2.84. The summed E-state index contributed by atoms with van der Waals surface area (Å²) in [7, 11) is 0. The van der Waals surface area contributed by atoms with Crippen LogP contribution >= 0.6 is 0 Å². The van der Waals surface area contributed by atoms with Crippen molar-refractivity contribution >= 4 is 40.3 Å². The number of carbonyl (C=O) groups is 3. The zero-order chi connectivity index (χ0) is 30.2.